The highest BCUT2D eigenvalue weighted by molar-refractivity contribution is 5.41. The second-order valence-electron chi connectivity index (χ2n) is 4.99. The van der Waals surface area contributed by atoms with E-state index in [0.717, 1.165) is 25.3 Å². The van der Waals surface area contributed by atoms with Crippen LogP contribution in [0.15, 0.2) is 24.3 Å². The highest BCUT2D eigenvalue weighted by atomic mass is 16.5. The summed E-state index contributed by atoms with van der Waals surface area (Å²) in [6.07, 6.45) is 0.520. The van der Waals surface area contributed by atoms with Crippen LogP contribution in [0.2, 0.25) is 0 Å². The van der Waals surface area contributed by atoms with Gasteiger partial charge in [-0.25, -0.2) is 0 Å². The average molecular weight is 275 g/mol. The molecule has 0 unspecified atom stereocenters. The number of methoxy groups -OCH3 is 1. The van der Waals surface area contributed by atoms with Crippen LogP contribution in [0.25, 0.3) is 0 Å². The molecular formula is C17H25NO2. The molecule has 1 N–H and O–H groups in total. The number of hydrogen-bond acceptors (Lipinski definition) is 3. The molecular weight excluding hydrogens is 250 g/mol. The van der Waals surface area contributed by atoms with Crippen molar-refractivity contribution in [2.24, 2.45) is 0 Å². The van der Waals surface area contributed by atoms with E-state index in [9.17, 15) is 0 Å². The van der Waals surface area contributed by atoms with Gasteiger partial charge in [0.25, 0.3) is 0 Å². The van der Waals surface area contributed by atoms with Gasteiger partial charge in [-0.2, -0.15) is 0 Å². The fraction of sp³-hybridized carbons (Fsp3) is 0.529. The third kappa shape index (κ3) is 5.75. The lowest BCUT2D eigenvalue weighted by Crippen LogP contribution is -2.33. The minimum Gasteiger partial charge on any atom is -0.395 e. The van der Waals surface area contributed by atoms with E-state index in [1.807, 2.05) is 18.2 Å². The van der Waals surface area contributed by atoms with Crippen LogP contribution in [0.4, 0.5) is 0 Å². The lowest BCUT2D eigenvalue weighted by atomic mass is 10.1. The molecule has 0 fully saturated rings. The van der Waals surface area contributed by atoms with Gasteiger partial charge in [0.2, 0.25) is 0 Å². The summed E-state index contributed by atoms with van der Waals surface area (Å²) in [6.45, 7) is 7.00. The number of aliphatic hydroxyl groups excluding tert-OH is 1. The van der Waals surface area contributed by atoms with Crippen molar-refractivity contribution in [1.29, 1.82) is 0 Å². The minimum atomic E-state index is 0.112. The van der Waals surface area contributed by atoms with Crippen LogP contribution in [0, 0.1) is 11.8 Å². The molecule has 0 saturated heterocycles. The molecule has 20 heavy (non-hydrogen) atoms. The Balaban J connectivity index is 2.81. The summed E-state index contributed by atoms with van der Waals surface area (Å²) in [5.74, 6) is 6.14. The lowest BCUT2D eigenvalue weighted by Gasteiger charge is -2.26. The highest BCUT2D eigenvalue weighted by Gasteiger charge is 2.11. The summed E-state index contributed by atoms with van der Waals surface area (Å²) in [5, 5.41) is 8.80. The number of aliphatic hydroxyl groups is 1. The molecule has 0 aliphatic carbocycles. The van der Waals surface area contributed by atoms with Crippen molar-refractivity contribution in [2.45, 2.75) is 32.9 Å². The van der Waals surface area contributed by atoms with Crippen molar-refractivity contribution in [3.63, 3.8) is 0 Å². The topological polar surface area (TPSA) is 32.7 Å². The smallest absolute Gasteiger partial charge is 0.0589 e. The van der Waals surface area contributed by atoms with Gasteiger partial charge in [-0.15, -0.1) is 0 Å². The van der Waals surface area contributed by atoms with Crippen LogP contribution in [-0.4, -0.2) is 42.9 Å². The van der Waals surface area contributed by atoms with Gasteiger partial charge >= 0.3 is 0 Å². The van der Waals surface area contributed by atoms with Gasteiger partial charge < -0.3 is 9.84 Å². The van der Waals surface area contributed by atoms with E-state index < -0.39 is 0 Å². The van der Waals surface area contributed by atoms with Crippen molar-refractivity contribution in [3.8, 4) is 11.8 Å². The Morgan fingerprint density at radius 3 is 2.70 bits per heavy atom. The van der Waals surface area contributed by atoms with Crippen molar-refractivity contribution in [1.82, 2.24) is 4.90 Å². The third-order valence-electron chi connectivity index (χ3n) is 3.16. The van der Waals surface area contributed by atoms with Gasteiger partial charge in [-0.1, -0.05) is 30.0 Å². The van der Waals surface area contributed by atoms with Crippen LogP contribution in [0.5, 0.6) is 0 Å². The van der Waals surface area contributed by atoms with Crippen molar-refractivity contribution in [2.75, 3.05) is 26.9 Å². The Kier molecular flexibility index (Phi) is 7.98. The minimum absolute atomic E-state index is 0.112. The molecule has 0 atom stereocenters. The summed E-state index contributed by atoms with van der Waals surface area (Å²) in [7, 11) is 1.73. The van der Waals surface area contributed by atoms with Gasteiger partial charge in [0.1, 0.15) is 0 Å². The van der Waals surface area contributed by atoms with E-state index in [4.69, 9.17) is 9.84 Å². The average Bonchev–Trinajstić information content (AvgIpc) is 2.45. The molecule has 0 saturated carbocycles. The normalized spacial score (nSPS) is 10.7. The molecule has 3 nitrogen and oxygen atoms in total. The van der Waals surface area contributed by atoms with Crippen molar-refractivity contribution < 1.29 is 9.84 Å². The first-order chi connectivity index (χ1) is 9.69. The fourth-order valence-corrected chi connectivity index (χ4v) is 1.94. The van der Waals surface area contributed by atoms with E-state index in [0.29, 0.717) is 12.5 Å². The van der Waals surface area contributed by atoms with Crippen molar-refractivity contribution in [3.05, 3.63) is 35.4 Å². The first kappa shape index (κ1) is 16.7. The van der Waals surface area contributed by atoms with Gasteiger partial charge in [0, 0.05) is 38.2 Å². The zero-order chi connectivity index (χ0) is 14.8. The van der Waals surface area contributed by atoms with E-state index in [1.54, 1.807) is 7.11 Å². The van der Waals surface area contributed by atoms with Crippen LogP contribution in [0.1, 0.15) is 31.4 Å². The van der Waals surface area contributed by atoms with Crippen LogP contribution in [0.3, 0.4) is 0 Å². The quantitative estimate of drug-likeness (QED) is 0.775. The Hall–Kier alpha value is -1.34. The van der Waals surface area contributed by atoms with Gasteiger partial charge in [0.15, 0.2) is 0 Å². The third-order valence-corrected chi connectivity index (χ3v) is 3.16. The number of benzene rings is 1. The SMILES string of the molecule is COCCN(Cc1ccccc1C#CCCO)C(C)C. The van der Waals surface area contributed by atoms with E-state index in [-0.39, 0.29) is 6.61 Å². The zero-order valence-corrected chi connectivity index (χ0v) is 12.7. The molecule has 0 aliphatic rings. The van der Waals surface area contributed by atoms with Gasteiger partial charge in [-0.3, -0.25) is 4.90 Å². The molecule has 0 aromatic heterocycles. The first-order valence-corrected chi connectivity index (χ1v) is 7.09. The molecule has 1 aromatic carbocycles. The number of nitrogens with zero attached hydrogens (tertiary/aromatic N) is 1. The molecule has 3 heteroatoms. The Bertz CT molecular complexity index is 446. The maximum atomic E-state index is 8.80. The fourth-order valence-electron chi connectivity index (χ4n) is 1.94. The Labute approximate surface area is 122 Å². The molecule has 0 heterocycles. The predicted molar refractivity (Wildman–Crippen MR) is 82.4 cm³/mol. The van der Waals surface area contributed by atoms with E-state index in [2.05, 4.69) is 36.7 Å². The number of hydrogen-bond donors (Lipinski definition) is 1. The van der Waals surface area contributed by atoms with Crippen LogP contribution < -0.4 is 0 Å². The number of rotatable bonds is 7. The second-order valence-corrected chi connectivity index (χ2v) is 4.99. The summed E-state index contributed by atoms with van der Waals surface area (Å²) >= 11 is 0. The highest BCUT2D eigenvalue weighted by Crippen LogP contribution is 2.12. The monoisotopic (exact) mass is 275 g/mol. The van der Waals surface area contributed by atoms with Crippen LogP contribution >= 0.6 is 0 Å². The summed E-state index contributed by atoms with van der Waals surface area (Å²) < 4.78 is 5.17. The molecule has 0 bridgehead atoms. The lowest BCUT2D eigenvalue weighted by molar-refractivity contribution is 0.125. The summed E-state index contributed by atoms with van der Waals surface area (Å²) in [4.78, 5) is 2.37. The Morgan fingerprint density at radius 1 is 1.30 bits per heavy atom. The second kappa shape index (κ2) is 9.55. The van der Waals surface area contributed by atoms with E-state index in [1.165, 1.54) is 5.56 Å². The Morgan fingerprint density at radius 2 is 2.05 bits per heavy atom. The maximum absolute atomic E-state index is 8.80. The largest absolute Gasteiger partial charge is 0.395 e. The standard InChI is InChI=1S/C17H25NO2/c1-15(2)18(11-13-20-3)14-17-10-5-4-8-16(17)9-6-7-12-19/h4-5,8,10,15,19H,7,11-14H2,1-3H3. The molecule has 110 valence electrons. The van der Waals surface area contributed by atoms with Crippen LogP contribution in [-0.2, 0) is 11.3 Å². The predicted octanol–water partition coefficient (Wildman–Crippen LogP) is 2.28. The summed E-state index contributed by atoms with van der Waals surface area (Å²) in [6, 6.07) is 8.66. The van der Waals surface area contributed by atoms with Crippen molar-refractivity contribution >= 4 is 0 Å². The molecule has 1 aromatic rings. The van der Waals surface area contributed by atoms with E-state index >= 15 is 0 Å². The first-order valence-electron chi connectivity index (χ1n) is 7.09. The molecule has 0 spiro atoms. The molecule has 1 rings (SSSR count). The van der Waals surface area contributed by atoms with Gasteiger partial charge in [0.05, 0.1) is 13.2 Å². The zero-order valence-electron chi connectivity index (χ0n) is 12.7. The molecule has 0 aliphatic heterocycles. The maximum Gasteiger partial charge on any atom is 0.0589 e. The van der Waals surface area contributed by atoms with Gasteiger partial charge in [-0.05, 0) is 25.5 Å². The molecule has 0 radical (unpaired) electrons. The molecule has 0 amide bonds. The summed E-state index contributed by atoms with van der Waals surface area (Å²) in [5.41, 5.74) is 2.27. The number of ether oxygens (including phenoxy) is 1.